The number of aromatic nitrogens is 2. The van der Waals surface area contributed by atoms with E-state index in [-0.39, 0.29) is 0 Å². The molecule has 0 aliphatic rings. The molecule has 7 aromatic carbocycles. The summed E-state index contributed by atoms with van der Waals surface area (Å²) in [5, 5.41) is 2.13. The predicted octanol–water partition coefficient (Wildman–Crippen LogP) is 14.3. The molecular weight excluding hydrogens is 764 g/mol. The number of fused-ring (bicyclic) bond motifs is 3. The van der Waals surface area contributed by atoms with Crippen molar-refractivity contribution in [3.8, 4) is 67.0 Å². The third kappa shape index (κ3) is 6.25. The van der Waals surface area contributed by atoms with Gasteiger partial charge in [0.15, 0.2) is 0 Å². The van der Waals surface area contributed by atoms with Crippen molar-refractivity contribution in [2.75, 3.05) is 0 Å². The predicted molar refractivity (Wildman–Crippen MR) is 225 cm³/mol. The first kappa shape index (κ1) is 32.2. The van der Waals surface area contributed by atoms with Crippen LogP contribution in [-0.4, -0.2) is 9.97 Å². The zero-order chi connectivity index (χ0) is 35.0. The third-order valence-corrected chi connectivity index (χ3v) is 10.7. The average Bonchev–Trinajstić information content (AvgIpc) is 3.21. The Labute approximate surface area is 319 Å². The Morgan fingerprint density at radius 3 is 0.942 bits per heavy atom. The van der Waals surface area contributed by atoms with Gasteiger partial charge in [0.2, 0.25) is 0 Å². The molecular formula is C48H30Br2N2. The molecule has 0 bridgehead atoms. The highest BCUT2D eigenvalue weighted by atomic mass is 79.9. The van der Waals surface area contributed by atoms with E-state index in [0.29, 0.717) is 0 Å². The van der Waals surface area contributed by atoms with Gasteiger partial charge in [-0.2, -0.15) is 0 Å². The fourth-order valence-corrected chi connectivity index (χ4v) is 7.46. The highest BCUT2D eigenvalue weighted by Gasteiger charge is 2.17. The fourth-order valence-electron chi connectivity index (χ4n) is 6.94. The second-order valence-corrected chi connectivity index (χ2v) is 14.7. The van der Waals surface area contributed by atoms with Gasteiger partial charge in [0.25, 0.3) is 0 Å². The van der Waals surface area contributed by atoms with Crippen LogP contribution in [0.3, 0.4) is 0 Å². The molecule has 2 nitrogen and oxygen atoms in total. The molecule has 246 valence electrons. The van der Waals surface area contributed by atoms with Crippen LogP contribution in [0.2, 0.25) is 0 Å². The van der Waals surface area contributed by atoms with E-state index in [1.165, 1.54) is 22.3 Å². The Balaban J connectivity index is 1.27. The van der Waals surface area contributed by atoms with Gasteiger partial charge in [-0.15, -0.1) is 0 Å². The Morgan fingerprint density at radius 1 is 0.288 bits per heavy atom. The van der Waals surface area contributed by atoms with Crippen molar-refractivity contribution < 1.29 is 0 Å². The van der Waals surface area contributed by atoms with Crippen LogP contribution in [0.25, 0.3) is 88.8 Å². The highest BCUT2D eigenvalue weighted by Crippen LogP contribution is 2.40. The quantitative estimate of drug-likeness (QED) is 0.157. The Hall–Kier alpha value is -5.68. The van der Waals surface area contributed by atoms with Gasteiger partial charge in [0.05, 0.1) is 22.4 Å². The van der Waals surface area contributed by atoms with Crippen LogP contribution >= 0.6 is 31.9 Å². The minimum absolute atomic E-state index is 0.886. The molecule has 0 radical (unpaired) electrons. The highest BCUT2D eigenvalue weighted by molar-refractivity contribution is 9.10. The largest absolute Gasteiger partial charge is 0.245 e. The molecule has 52 heavy (non-hydrogen) atoms. The number of halogens is 2. The van der Waals surface area contributed by atoms with Crippen LogP contribution in [0.5, 0.6) is 0 Å². The molecule has 0 fully saturated rings. The minimum Gasteiger partial charge on any atom is -0.245 e. The van der Waals surface area contributed by atoms with Crippen LogP contribution in [0.4, 0.5) is 0 Å². The maximum absolute atomic E-state index is 5.39. The standard InChI is InChI=1S/C48H30Br2N2/c49-39-23-19-33(20-24-39)31-11-15-35(16-12-31)43-29-45(37-7-3-1-4-8-37)51-47-41(43)27-28-42-44(30-46(52-48(42)47)38-9-5-2-6-10-38)36-17-13-32(14-18-36)34-21-25-40(50)26-22-34/h1-30H. The van der Waals surface area contributed by atoms with E-state index in [1.807, 2.05) is 12.1 Å². The maximum atomic E-state index is 5.39. The van der Waals surface area contributed by atoms with E-state index >= 15 is 0 Å². The molecule has 9 rings (SSSR count). The molecule has 2 aromatic heterocycles. The van der Waals surface area contributed by atoms with E-state index in [0.717, 1.165) is 75.5 Å². The van der Waals surface area contributed by atoms with Crippen LogP contribution in [0, 0.1) is 0 Å². The van der Waals surface area contributed by atoms with Crippen molar-refractivity contribution in [1.29, 1.82) is 0 Å². The summed E-state index contributed by atoms with van der Waals surface area (Å²) in [6.45, 7) is 0. The van der Waals surface area contributed by atoms with Crippen molar-refractivity contribution >= 4 is 53.7 Å². The maximum Gasteiger partial charge on any atom is 0.0978 e. The first-order valence-corrected chi connectivity index (χ1v) is 18.8. The summed E-state index contributed by atoms with van der Waals surface area (Å²) in [6, 6.07) is 64.3. The molecule has 0 saturated heterocycles. The van der Waals surface area contributed by atoms with Crippen molar-refractivity contribution in [2.45, 2.75) is 0 Å². The topological polar surface area (TPSA) is 25.8 Å². The zero-order valence-corrected chi connectivity index (χ0v) is 31.1. The van der Waals surface area contributed by atoms with E-state index in [9.17, 15) is 0 Å². The molecule has 0 aliphatic carbocycles. The molecule has 0 amide bonds. The number of benzene rings is 7. The summed E-state index contributed by atoms with van der Waals surface area (Å²) >= 11 is 7.13. The van der Waals surface area contributed by atoms with Crippen LogP contribution in [0.15, 0.2) is 191 Å². The van der Waals surface area contributed by atoms with Gasteiger partial charge >= 0.3 is 0 Å². The molecule has 0 aliphatic heterocycles. The van der Waals surface area contributed by atoms with Gasteiger partial charge < -0.3 is 0 Å². The van der Waals surface area contributed by atoms with Crippen LogP contribution in [-0.2, 0) is 0 Å². The SMILES string of the molecule is Brc1ccc(-c2ccc(-c3cc(-c4ccccc4)nc4c3ccc3c(-c5ccc(-c6ccc(Br)cc6)cc5)cc(-c5ccccc5)nc34)cc2)cc1. The lowest BCUT2D eigenvalue weighted by molar-refractivity contribution is 1.36. The summed E-state index contributed by atoms with van der Waals surface area (Å²) < 4.78 is 2.14. The average molecular weight is 795 g/mol. The lowest BCUT2D eigenvalue weighted by Gasteiger charge is -2.16. The van der Waals surface area contributed by atoms with Crippen molar-refractivity contribution in [1.82, 2.24) is 9.97 Å². The molecule has 0 saturated carbocycles. The molecule has 2 heterocycles. The number of nitrogens with zero attached hydrogens (tertiary/aromatic N) is 2. The number of pyridine rings is 2. The fraction of sp³-hybridized carbons (Fsp3) is 0. The van der Waals surface area contributed by atoms with Gasteiger partial charge in [-0.05, 0) is 80.9 Å². The van der Waals surface area contributed by atoms with E-state index in [1.54, 1.807) is 0 Å². The second-order valence-electron chi connectivity index (χ2n) is 12.9. The van der Waals surface area contributed by atoms with Gasteiger partial charge in [0, 0.05) is 30.8 Å². The molecule has 4 heteroatoms. The molecule has 0 atom stereocenters. The van der Waals surface area contributed by atoms with E-state index < -0.39 is 0 Å². The van der Waals surface area contributed by atoms with Gasteiger partial charge in [-0.3, -0.25) is 0 Å². The minimum atomic E-state index is 0.886. The lowest BCUT2D eigenvalue weighted by atomic mass is 9.92. The smallest absolute Gasteiger partial charge is 0.0978 e. The van der Waals surface area contributed by atoms with Crippen molar-refractivity contribution in [2.24, 2.45) is 0 Å². The summed E-state index contributed by atoms with van der Waals surface area (Å²) in [5.41, 5.74) is 15.0. The summed E-state index contributed by atoms with van der Waals surface area (Å²) in [4.78, 5) is 10.8. The van der Waals surface area contributed by atoms with Crippen LogP contribution in [0.1, 0.15) is 0 Å². The van der Waals surface area contributed by atoms with Gasteiger partial charge in [-0.1, -0.05) is 177 Å². The lowest BCUT2D eigenvalue weighted by Crippen LogP contribution is -1.95. The summed E-state index contributed by atoms with van der Waals surface area (Å²) in [6.07, 6.45) is 0. The van der Waals surface area contributed by atoms with Crippen molar-refractivity contribution in [3.63, 3.8) is 0 Å². The molecule has 0 spiro atoms. The third-order valence-electron chi connectivity index (χ3n) is 9.64. The monoisotopic (exact) mass is 792 g/mol. The second kappa shape index (κ2) is 13.8. The van der Waals surface area contributed by atoms with Gasteiger partial charge in [0.1, 0.15) is 0 Å². The van der Waals surface area contributed by atoms with Gasteiger partial charge in [-0.25, -0.2) is 9.97 Å². The van der Waals surface area contributed by atoms with E-state index in [2.05, 4.69) is 202 Å². The first-order chi connectivity index (χ1) is 25.6. The normalized spacial score (nSPS) is 11.3. The van der Waals surface area contributed by atoms with Crippen LogP contribution < -0.4 is 0 Å². The Morgan fingerprint density at radius 2 is 0.596 bits per heavy atom. The Bertz CT molecular complexity index is 2500. The van der Waals surface area contributed by atoms with Crippen molar-refractivity contribution in [3.05, 3.63) is 191 Å². The summed E-state index contributed by atoms with van der Waals surface area (Å²) in [5.74, 6) is 0. The Kier molecular flexibility index (Phi) is 8.56. The summed E-state index contributed by atoms with van der Waals surface area (Å²) in [7, 11) is 0. The molecule has 0 N–H and O–H groups in total. The first-order valence-electron chi connectivity index (χ1n) is 17.2. The molecule has 9 aromatic rings. The zero-order valence-electron chi connectivity index (χ0n) is 28.0. The van der Waals surface area contributed by atoms with E-state index in [4.69, 9.17) is 9.97 Å². The number of hydrogen-bond donors (Lipinski definition) is 0. The number of rotatable bonds is 6. The number of hydrogen-bond acceptors (Lipinski definition) is 2. The molecule has 0 unspecified atom stereocenters.